The number of amides is 1. The highest BCUT2D eigenvalue weighted by Gasteiger charge is 2.05. The Bertz CT molecular complexity index is 578. The molecule has 1 aromatic carbocycles. The number of nitrogens with one attached hydrogen (secondary N) is 1. The molecule has 0 aliphatic heterocycles. The minimum Gasteiger partial charge on any atom is -0.494 e. The van der Waals surface area contributed by atoms with Crippen molar-refractivity contribution >= 4 is 29.0 Å². The van der Waals surface area contributed by atoms with Crippen molar-refractivity contribution in [2.45, 2.75) is 25.3 Å². The highest BCUT2D eigenvalue weighted by atomic mass is 32.2. The van der Waals surface area contributed by atoms with Crippen molar-refractivity contribution < 1.29 is 9.53 Å². The van der Waals surface area contributed by atoms with E-state index in [1.165, 1.54) is 22.2 Å². The number of hydrogen-bond donors (Lipinski definition) is 1. The highest BCUT2D eigenvalue weighted by Crippen LogP contribution is 2.21. The van der Waals surface area contributed by atoms with Crippen molar-refractivity contribution in [3.8, 4) is 5.75 Å². The van der Waals surface area contributed by atoms with Crippen LogP contribution in [0.15, 0.2) is 40.6 Å². The van der Waals surface area contributed by atoms with Gasteiger partial charge in [0, 0.05) is 9.77 Å². The molecular formula is C16H19NO2S2. The van der Waals surface area contributed by atoms with Crippen LogP contribution in [0.25, 0.3) is 0 Å². The maximum absolute atomic E-state index is 11.8. The quantitative estimate of drug-likeness (QED) is 0.787. The van der Waals surface area contributed by atoms with Crippen LogP contribution < -0.4 is 10.1 Å². The van der Waals surface area contributed by atoms with E-state index in [-0.39, 0.29) is 5.91 Å². The van der Waals surface area contributed by atoms with Crippen LogP contribution in [0.5, 0.6) is 5.75 Å². The van der Waals surface area contributed by atoms with Crippen LogP contribution in [0.4, 0.5) is 0 Å². The lowest BCUT2D eigenvalue weighted by Crippen LogP contribution is -2.24. The summed E-state index contributed by atoms with van der Waals surface area (Å²) in [4.78, 5) is 14.1. The van der Waals surface area contributed by atoms with Crippen LogP contribution in [0.1, 0.15) is 17.4 Å². The molecule has 0 saturated carbocycles. The number of aryl methyl sites for hydroxylation is 1. The second kappa shape index (κ2) is 8.10. The molecule has 0 saturated heterocycles. The van der Waals surface area contributed by atoms with Gasteiger partial charge in [0.05, 0.1) is 18.9 Å². The van der Waals surface area contributed by atoms with Gasteiger partial charge in [-0.05, 0) is 55.1 Å². The normalized spacial score (nSPS) is 10.4. The summed E-state index contributed by atoms with van der Waals surface area (Å²) in [6.45, 7) is 5.30. The Morgan fingerprint density at radius 3 is 2.67 bits per heavy atom. The number of thioether (sulfide) groups is 1. The molecule has 1 aromatic heterocycles. The molecule has 0 aliphatic rings. The predicted octanol–water partition coefficient (Wildman–Crippen LogP) is 3.86. The number of hydrogen-bond acceptors (Lipinski definition) is 4. The average Bonchev–Trinajstić information content (AvgIpc) is 2.90. The molecule has 2 rings (SSSR count). The van der Waals surface area contributed by atoms with Crippen LogP contribution >= 0.6 is 23.1 Å². The Labute approximate surface area is 133 Å². The summed E-state index contributed by atoms with van der Waals surface area (Å²) in [5, 5.41) is 5.00. The molecule has 2 aromatic rings. The summed E-state index contributed by atoms with van der Waals surface area (Å²) in [6, 6.07) is 9.89. The number of thiophene rings is 1. The Kier molecular flexibility index (Phi) is 6.14. The molecule has 0 bridgehead atoms. The van der Waals surface area contributed by atoms with E-state index in [9.17, 15) is 4.79 Å². The Morgan fingerprint density at radius 1 is 1.29 bits per heavy atom. The van der Waals surface area contributed by atoms with Gasteiger partial charge in [-0.1, -0.05) is 0 Å². The molecule has 0 unspecified atom stereocenters. The van der Waals surface area contributed by atoms with Crippen molar-refractivity contribution in [1.29, 1.82) is 0 Å². The topological polar surface area (TPSA) is 38.3 Å². The zero-order valence-electron chi connectivity index (χ0n) is 12.2. The van der Waals surface area contributed by atoms with E-state index in [1.54, 1.807) is 11.3 Å². The molecule has 1 heterocycles. The summed E-state index contributed by atoms with van der Waals surface area (Å²) in [6.07, 6.45) is 0. The molecule has 0 spiro atoms. The minimum atomic E-state index is 0.0571. The Morgan fingerprint density at radius 2 is 2.05 bits per heavy atom. The van der Waals surface area contributed by atoms with Gasteiger partial charge < -0.3 is 10.1 Å². The first kappa shape index (κ1) is 15.9. The number of benzene rings is 1. The van der Waals surface area contributed by atoms with Gasteiger partial charge in [0.2, 0.25) is 5.91 Å². The van der Waals surface area contributed by atoms with E-state index in [4.69, 9.17) is 4.74 Å². The van der Waals surface area contributed by atoms with E-state index in [0.29, 0.717) is 18.9 Å². The highest BCUT2D eigenvalue weighted by molar-refractivity contribution is 8.00. The van der Waals surface area contributed by atoms with Gasteiger partial charge >= 0.3 is 0 Å². The lowest BCUT2D eigenvalue weighted by Gasteiger charge is -2.06. The van der Waals surface area contributed by atoms with E-state index in [0.717, 1.165) is 10.6 Å². The summed E-state index contributed by atoms with van der Waals surface area (Å²) >= 11 is 3.21. The molecule has 0 atom stereocenters. The lowest BCUT2D eigenvalue weighted by molar-refractivity contribution is -0.118. The number of rotatable bonds is 7. The summed E-state index contributed by atoms with van der Waals surface area (Å²) in [7, 11) is 0. The number of carbonyl (C=O) groups excluding carboxylic acids is 1. The van der Waals surface area contributed by atoms with Crippen molar-refractivity contribution in [1.82, 2.24) is 5.32 Å². The molecule has 21 heavy (non-hydrogen) atoms. The molecule has 0 aliphatic carbocycles. The maximum atomic E-state index is 11.8. The fourth-order valence-corrected chi connectivity index (χ4v) is 3.34. The molecule has 1 amide bonds. The minimum absolute atomic E-state index is 0.0571. The molecule has 0 radical (unpaired) electrons. The third-order valence-electron chi connectivity index (χ3n) is 2.92. The van der Waals surface area contributed by atoms with Crippen molar-refractivity contribution in [3.63, 3.8) is 0 Å². The SMILES string of the molecule is CCOc1ccc(SCC(=O)NCc2sccc2C)cc1. The average molecular weight is 321 g/mol. The molecular weight excluding hydrogens is 302 g/mol. The van der Waals surface area contributed by atoms with Gasteiger partial charge in [0.25, 0.3) is 0 Å². The number of ether oxygens (including phenoxy) is 1. The van der Waals surface area contributed by atoms with Crippen LogP contribution in [-0.2, 0) is 11.3 Å². The smallest absolute Gasteiger partial charge is 0.230 e. The van der Waals surface area contributed by atoms with Gasteiger partial charge in [-0.3, -0.25) is 4.79 Å². The molecule has 112 valence electrons. The lowest BCUT2D eigenvalue weighted by atomic mass is 10.3. The standard InChI is InChI=1S/C16H19NO2S2/c1-3-19-13-4-6-14(7-5-13)21-11-16(18)17-10-15-12(2)8-9-20-15/h4-9H,3,10-11H2,1-2H3,(H,17,18). The Hall–Kier alpha value is -1.46. The fourth-order valence-electron chi connectivity index (χ4n) is 1.76. The van der Waals surface area contributed by atoms with Crippen LogP contribution in [0, 0.1) is 6.92 Å². The van der Waals surface area contributed by atoms with Gasteiger partial charge in [-0.2, -0.15) is 0 Å². The second-order valence-electron chi connectivity index (χ2n) is 4.50. The van der Waals surface area contributed by atoms with E-state index < -0.39 is 0 Å². The molecule has 0 fully saturated rings. The van der Waals surface area contributed by atoms with Gasteiger partial charge in [-0.15, -0.1) is 23.1 Å². The predicted molar refractivity (Wildman–Crippen MR) is 89.2 cm³/mol. The molecule has 1 N–H and O–H groups in total. The van der Waals surface area contributed by atoms with Crippen molar-refractivity contribution in [2.75, 3.05) is 12.4 Å². The van der Waals surface area contributed by atoms with E-state index in [2.05, 4.69) is 18.3 Å². The molecule has 3 nitrogen and oxygen atoms in total. The third-order valence-corrected chi connectivity index (χ3v) is 4.95. The van der Waals surface area contributed by atoms with Gasteiger partial charge in [-0.25, -0.2) is 0 Å². The van der Waals surface area contributed by atoms with Crippen molar-refractivity contribution in [3.05, 3.63) is 46.2 Å². The Balaban J connectivity index is 1.74. The third kappa shape index (κ3) is 5.10. The first-order valence-corrected chi connectivity index (χ1v) is 8.71. The summed E-state index contributed by atoms with van der Waals surface area (Å²) in [5.74, 6) is 1.35. The number of carbonyl (C=O) groups is 1. The first-order chi connectivity index (χ1) is 10.2. The van der Waals surface area contributed by atoms with Gasteiger partial charge in [0.1, 0.15) is 5.75 Å². The molecule has 5 heteroatoms. The summed E-state index contributed by atoms with van der Waals surface area (Å²) in [5.41, 5.74) is 1.24. The summed E-state index contributed by atoms with van der Waals surface area (Å²) < 4.78 is 5.39. The van der Waals surface area contributed by atoms with Crippen LogP contribution in [-0.4, -0.2) is 18.3 Å². The van der Waals surface area contributed by atoms with E-state index >= 15 is 0 Å². The maximum Gasteiger partial charge on any atom is 0.230 e. The fraction of sp³-hybridized carbons (Fsp3) is 0.312. The monoisotopic (exact) mass is 321 g/mol. The first-order valence-electron chi connectivity index (χ1n) is 6.84. The van der Waals surface area contributed by atoms with Crippen LogP contribution in [0.3, 0.4) is 0 Å². The van der Waals surface area contributed by atoms with E-state index in [1.807, 2.05) is 36.6 Å². The van der Waals surface area contributed by atoms with Gasteiger partial charge in [0.15, 0.2) is 0 Å². The zero-order chi connectivity index (χ0) is 15.1. The largest absolute Gasteiger partial charge is 0.494 e. The zero-order valence-corrected chi connectivity index (χ0v) is 13.9. The van der Waals surface area contributed by atoms with Crippen molar-refractivity contribution in [2.24, 2.45) is 0 Å². The second-order valence-corrected chi connectivity index (χ2v) is 6.55. The van der Waals surface area contributed by atoms with Crippen LogP contribution in [0.2, 0.25) is 0 Å².